The number of nitrogen functional groups attached to an aromatic ring is 1. The molecule has 0 aromatic heterocycles. The van der Waals surface area contributed by atoms with E-state index in [1.807, 2.05) is 25.1 Å². The van der Waals surface area contributed by atoms with Crippen LogP contribution in [0, 0.1) is 12.3 Å². The molecule has 0 unspecified atom stereocenters. The van der Waals surface area contributed by atoms with Gasteiger partial charge >= 0.3 is 5.97 Å². The Hall–Kier alpha value is -2.73. The summed E-state index contributed by atoms with van der Waals surface area (Å²) in [5.41, 5.74) is 9.71. The van der Waals surface area contributed by atoms with E-state index in [2.05, 4.69) is 38.0 Å². The van der Waals surface area contributed by atoms with Gasteiger partial charge in [-0.05, 0) is 50.6 Å². The van der Waals surface area contributed by atoms with Crippen molar-refractivity contribution in [2.24, 2.45) is 5.73 Å². The average Bonchev–Trinajstić information content (AvgIpc) is 2.64. The molecule has 142 valence electrons. The number of nitrogens with two attached hydrogens (primary N) is 1. The van der Waals surface area contributed by atoms with Crippen LogP contribution in [0.3, 0.4) is 0 Å². The Labute approximate surface area is 165 Å². The first-order chi connectivity index (χ1) is 12.8. The van der Waals surface area contributed by atoms with Gasteiger partial charge in [-0.1, -0.05) is 12.6 Å². The van der Waals surface area contributed by atoms with Gasteiger partial charge in [0.1, 0.15) is 11.6 Å². The fourth-order valence-corrected chi connectivity index (χ4v) is 3.36. The minimum Gasteiger partial charge on any atom is -0.423 e. The number of benzene rings is 2. The Bertz CT molecular complexity index is 889. The monoisotopic (exact) mass is 383 g/mol. The molecule has 5 nitrogen and oxygen atoms in total. The number of esters is 1. The maximum absolute atomic E-state index is 11.6. The summed E-state index contributed by atoms with van der Waals surface area (Å²) in [5.74, 6) is -0.196. The molecule has 0 aliphatic rings. The van der Waals surface area contributed by atoms with Crippen molar-refractivity contribution >= 4 is 30.1 Å². The van der Waals surface area contributed by atoms with E-state index in [9.17, 15) is 4.79 Å². The number of nitrogens with one attached hydrogen (secondary N) is 1. The molecule has 0 radical (unpaired) electrons. The van der Waals surface area contributed by atoms with Crippen molar-refractivity contribution in [3.05, 3.63) is 54.1 Å². The van der Waals surface area contributed by atoms with E-state index >= 15 is 0 Å². The van der Waals surface area contributed by atoms with Gasteiger partial charge in [-0.15, -0.1) is 12.6 Å². The van der Waals surface area contributed by atoms with E-state index in [0.717, 1.165) is 40.9 Å². The number of carbonyl (C=O) groups is 1. The van der Waals surface area contributed by atoms with Crippen LogP contribution in [-0.4, -0.2) is 24.9 Å². The zero-order valence-corrected chi connectivity index (χ0v) is 16.8. The topological polar surface area (TPSA) is 79.4 Å². The van der Waals surface area contributed by atoms with Crippen LogP contribution >= 0.6 is 12.6 Å². The van der Waals surface area contributed by atoms with Crippen LogP contribution in [0.15, 0.2) is 47.9 Å². The molecule has 0 bridgehead atoms. The van der Waals surface area contributed by atoms with Gasteiger partial charge in [0.25, 0.3) is 0 Å². The van der Waals surface area contributed by atoms with Crippen LogP contribution in [0.1, 0.15) is 25.0 Å². The Kier molecular flexibility index (Phi) is 6.69. The number of amidine groups is 1. The number of nitrogens with zero attached hydrogens (tertiary/aromatic N) is 1. The lowest BCUT2D eigenvalue weighted by molar-refractivity contribution is -0.129. The van der Waals surface area contributed by atoms with Crippen molar-refractivity contribution in [2.75, 3.05) is 18.0 Å². The van der Waals surface area contributed by atoms with Gasteiger partial charge in [0.15, 0.2) is 0 Å². The van der Waals surface area contributed by atoms with Gasteiger partial charge in [0.05, 0.1) is 0 Å². The van der Waals surface area contributed by atoms with E-state index in [1.165, 1.54) is 0 Å². The van der Waals surface area contributed by atoms with Crippen molar-refractivity contribution in [1.29, 1.82) is 5.41 Å². The summed E-state index contributed by atoms with van der Waals surface area (Å²) < 4.78 is 5.33. The number of hydrogen-bond donors (Lipinski definition) is 3. The molecule has 0 fully saturated rings. The maximum Gasteiger partial charge on any atom is 0.335 e. The fourth-order valence-electron chi connectivity index (χ4n) is 3.04. The van der Waals surface area contributed by atoms with Crippen LogP contribution in [0.4, 0.5) is 5.69 Å². The highest BCUT2D eigenvalue weighted by atomic mass is 32.1. The molecule has 27 heavy (non-hydrogen) atoms. The average molecular weight is 384 g/mol. The second-order valence-electron chi connectivity index (χ2n) is 6.02. The quantitative estimate of drug-likeness (QED) is 0.167. The number of hydrogen-bond acceptors (Lipinski definition) is 5. The van der Waals surface area contributed by atoms with E-state index in [4.69, 9.17) is 15.9 Å². The Morgan fingerprint density at radius 1 is 1.30 bits per heavy atom. The lowest BCUT2D eigenvalue weighted by Crippen LogP contribution is -2.21. The van der Waals surface area contributed by atoms with Gasteiger partial charge in [0.2, 0.25) is 0 Å². The molecule has 6 heteroatoms. The normalized spacial score (nSPS) is 10.4. The predicted octanol–water partition coefficient (Wildman–Crippen LogP) is 4.17. The van der Waals surface area contributed by atoms with Gasteiger partial charge in [-0.25, -0.2) is 4.79 Å². The highest BCUT2D eigenvalue weighted by Gasteiger charge is 2.18. The summed E-state index contributed by atoms with van der Waals surface area (Å²) >= 11 is 4.67. The molecular formula is C21H25N3O2S. The zero-order chi connectivity index (χ0) is 20.1. The van der Waals surface area contributed by atoms with Gasteiger partial charge in [-0.2, -0.15) is 0 Å². The van der Waals surface area contributed by atoms with Crippen molar-refractivity contribution in [3.63, 3.8) is 0 Å². The summed E-state index contributed by atoms with van der Waals surface area (Å²) in [6.45, 7) is 11.3. The third-order valence-corrected chi connectivity index (χ3v) is 4.83. The molecule has 0 amide bonds. The fraction of sp³-hybridized carbons (Fsp3) is 0.238. The molecule has 0 saturated heterocycles. The molecular weight excluding hydrogens is 358 g/mol. The number of ether oxygens (including phenoxy) is 1. The summed E-state index contributed by atoms with van der Waals surface area (Å²) in [7, 11) is 0. The molecule has 0 aliphatic carbocycles. The molecule has 2 aromatic rings. The second kappa shape index (κ2) is 8.77. The summed E-state index contributed by atoms with van der Waals surface area (Å²) in [4.78, 5) is 14.6. The number of carbonyl (C=O) groups excluding carboxylic acids is 1. The first-order valence-corrected chi connectivity index (χ1v) is 9.19. The van der Waals surface area contributed by atoms with Crippen LogP contribution in [-0.2, 0) is 4.79 Å². The van der Waals surface area contributed by atoms with Crippen molar-refractivity contribution in [1.82, 2.24) is 0 Å². The van der Waals surface area contributed by atoms with Crippen molar-refractivity contribution < 1.29 is 9.53 Å². The lowest BCUT2D eigenvalue weighted by Gasteiger charge is -2.23. The van der Waals surface area contributed by atoms with Crippen LogP contribution in [0.5, 0.6) is 5.75 Å². The van der Waals surface area contributed by atoms with Gasteiger partial charge in [-0.3, -0.25) is 5.41 Å². The SMILES string of the molecule is C=CC(=O)Oc1ccc(C(=N)N)c(-c2ccc(N(CC)CC)cc2S)c1C. The predicted molar refractivity (Wildman–Crippen MR) is 114 cm³/mol. The molecule has 0 heterocycles. The molecule has 0 aliphatic heterocycles. The third kappa shape index (κ3) is 4.34. The standard InChI is InChI=1S/C21H25N3O2S/c1-5-19(25)26-17-11-10-16(21(22)23)20(13(17)4)15-9-8-14(12-18(15)27)24(6-2)7-3/h5,8-12,27H,1,6-7H2,2-4H3,(H3,22,23). The molecule has 2 aromatic carbocycles. The molecule has 2 rings (SSSR count). The number of thiol groups is 1. The third-order valence-electron chi connectivity index (χ3n) is 4.46. The molecule has 0 saturated carbocycles. The summed E-state index contributed by atoms with van der Waals surface area (Å²) in [6.07, 6.45) is 1.11. The van der Waals surface area contributed by atoms with E-state index in [1.54, 1.807) is 12.1 Å². The van der Waals surface area contributed by atoms with Crippen molar-refractivity contribution in [3.8, 4) is 16.9 Å². The second-order valence-corrected chi connectivity index (χ2v) is 6.51. The highest BCUT2D eigenvalue weighted by Crippen LogP contribution is 2.38. The van der Waals surface area contributed by atoms with Gasteiger partial charge < -0.3 is 15.4 Å². The van der Waals surface area contributed by atoms with Crippen molar-refractivity contribution in [2.45, 2.75) is 25.7 Å². The molecule has 0 spiro atoms. The van der Waals surface area contributed by atoms with Crippen LogP contribution in [0.25, 0.3) is 11.1 Å². The Morgan fingerprint density at radius 3 is 2.48 bits per heavy atom. The van der Waals surface area contributed by atoms with E-state index in [0.29, 0.717) is 16.9 Å². The van der Waals surface area contributed by atoms with E-state index < -0.39 is 5.97 Å². The smallest absolute Gasteiger partial charge is 0.335 e. The van der Waals surface area contributed by atoms with Crippen LogP contribution < -0.4 is 15.4 Å². The summed E-state index contributed by atoms with van der Waals surface area (Å²) in [5, 5.41) is 7.93. The van der Waals surface area contributed by atoms with Gasteiger partial charge in [0, 0.05) is 46.4 Å². The first-order valence-electron chi connectivity index (χ1n) is 8.74. The minimum atomic E-state index is -0.539. The lowest BCUT2D eigenvalue weighted by atomic mass is 9.93. The zero-order valence-electron chi connectivity index (χ0n) is 15.9. The molecule has 3 N–H and O–H groups in total. The highest BCUT2D eigenvalue weighted by molar-refractivity contribution is 7.80. The summed E-state index contributed by atoms with van der Waals surface area (Å²) in [6, 6.07) is 9.30. The first kappa shape index (κ1) is 20.6. The molecule has 0 atom stereocenters. The Morgan fingerprint density at radius 2 is 1.96 bits per heavy atom. The minimum absolute atomic E-state index is 0.0600. The largest absolute Gasteiger partial charge is 0.423 e. The van der Waals surface area contributed by atoms with Crippen LogP contribution in [0.2, 0.25) is 0 Å². The number of rotatable bonds is 7. The Balaban J connectivity index is 2.65. The number of anilines is 1. The maximum atomic E-state index is 11.6. The van der Waals surface area contributed by atoms with E-state index in [-0.39, 0.29) is 5.84 Å².